The average molecular weight is 309 g/mol. The van der Waals surface area contributed by atoms with Crippen LogP contribution in [0.1, 0.15) is 32.3 Å². The fourth-order valence-electron chi connectivity index (χ4n) is 3.38. The first-order valence-corrected chi connectivity index (χ1v) is 7.68. The standard InChI is InChI=1S/C15H21BrN2/c1-11(2)18-7-5-15(6-8-18)10-17-14-4-3-12(16)9-13(14)15/h3-4,9,11,17H,5-8,10H2,1-2H3. The topological polar surface area (TPSA) is 15.3 Å². The van der Waals surface area contributed by atoms with Gasteiger partial charge in [0, 0.05) is 28.2 Å². The van der Waals surface area contributed by atoms with Gasteiger partial charge < -0.3 is 10.2 Å². The van der Waals surface area contributed by atoms with Crippen molar-refractivity contribution in [3.05, 3.63) is 28.2 Å². The van der Waals surface area contributed by atoms with Crippen LogP contribution in [0.15, 0.2) is 22.7 Å². The number of anilines is 1. The van der Waals surface area contributed by atoms with Gasteiger partial charge in [0.1, 0.15) is 0 Å². The zero-order valence-corrected chi connectivity index (χ0v) is 12.8. The van der Waals surface area contributed by atoms with Crippen LogP contribution in [0.3, 0.4) is 0 Å². The van der Waals surface area contributed by atoms with E-state index in [9.17, 15) is 0 Å². The lowest BCUT2D eigenvalue weighted by Gasteiger charge is -2.41. The maximum absolute atomic E-state index is 3.61. The van der Waals surface area contributed by atoms with Crippen molar-refractivity contribution in [1.82, 2.24) is 4.90 Å². The highest BCUT2D eigenvalue weighted by Gasteiger charge is 2.41. The van der Waals surface area contributed by atoms with Gasteiger partial charge in [0.25, 0.3) is 0 Å². The first-order chi connectivity index (χ1) is 8.61. The molecule has 1 N–H and O–H groups in total. The minimum absolute atomic E-state index is 0.379. The minimum atomic E-state index is 0.379. The number of hydrogen-bond donors (Lipinski definition) is 1. The van der Waals surface area contributed by atoms with E-state index in [2.05, 4.69) is 58.2 Å². The molecule has 2 aliphatic rings. The molecule has 1 saturated heterocycles. The number of likely N-dealkylation sites (tertiary alicyclic amines) is 1. The molecule has 0 aliphatic carbocycles. The molecule has 1 aromatic carbocycles. The lowest BCUT2D eigenvalue weighted by Crippen LogP contribution is -2.46. The lowest BCUT2D eigenvalue weighted by atomic mass is 9.74. The van der Waals surface area contributed by atoms with Crippen molar-refractivity contribution >= 4 is 21.6 Å². The molecule has 0 unspecified atom stereocenters. The number of piperidine rings is 1. The van der Waals surface area contributed by atoms with Gasteiger partial charge in [0.2, 0.25) is 0 Å². The maximum Gasteiger partial charge on any atom is 0.0380 e. The zero-order chi connectivity index (χ0) is 12.8. The van der Waals surface area contributed by atoms with E-state index in [1.165, 1.54) is 41.7 Å². The Balaban J connectivity index is 1.86. The van der Waals surface area contributed by atoms with Crippen LogP contribution in [0.2, 0.25) is 0 Å². The predicted octanol–water partition coefficient (Wildman–Crippen LogP) is 3.62. The third kappa shape index (κ3) is 1.97. The quantitative estimate of drug-likeness (QED) is 0.852. The first kappa shape index (κ1) is 12.5. The Morgan fingerprint density at radius 2 is 2.00 bits per heavy atom. The van der Waals surface area contributed by atoms with E-state index in [-0.39, 0.29) is 0 Å². The molecule has 3 rings (SSSR count). The monoisotopic (exact) mass is 308 g/mol. The van der Waals surface area contributed by atoms with Gasteiger partial charge in [-0.2, -0.15) is 0 Å². The summed E-state index contributed by atoms with van der Waals surface area (Å²) in [4.78, 5) is 2.60. The van der Waals surface area contributed by atoms with Crippen LogP contribution in [0.4, 0.5) is 5.69 Å². The number of fused-ring (bicyclic) bond motifs is 2. The van der Waals surface area contributed by atoms with E-state index < -0.39 is 0 Å². The summed E-state index contributed by atoms with van der Waals surface area (Å²) in [5.41, 5.74) is 3.25. The normalized spacial score (nSPS) is 22.2. The van der Waals surface area contributed by atoms with Gasteiger partial charge in [0.05, 0.1) is 0 Å². The fourth-order valence-corrected chi connectivity index (χ4v) is 3.74. The van der Waals surface area contributed by atoms with Crippen LogP contribution in [0.25, 0.3) is 0 Å². The van der Waals surface area contributed by atoms with Crippen molar-refractivity contribution in [2.45, 2.75) is 38.1 Å². The Kier molecular flexibility index (Phi) is 3.15. The number of halogens is 1. The molecule has 3 heteroatoms. The third-order valence-electron chi connectivity index (χ3n) is 4.66. The molecule has 1 aromatic rings. The summed E-state index contributed by atoms with van der Waals surface area (Å²) in [5, 5.41) is 3.59. The van der Waals surface area contributed by atoms with Crippen LogP contribution < -0.4 is 5.32 Å². The Hall–Kier alpha value is -0.540. The molecule has 0 amide bonds. The second kappa shape index (κ2) is 4.53. The van der Waals surface area contributed by atoms with Crippen molar-refractivity contribution < 1.29 is 0 Å². The number of rotatable bonds is 1. The predicted molar refractivity (Wildman–Crippen MR) is 80.3 cm³/mol. The molecular weight excluding hydrogens is 288 g/mol. The summed E-state index contributed by atoms with van der Waals surface area (Å²) in [6.45, 7) is 8.17. The van der Waals surface area contributed by atoms with Crippen LogP contribution in [0, 0.1) is 0 Å². The SMILES string of the molecule is CC(C)N1CCC2(CC1)CNc1ccc(Br)cc12. The summed E-state index contributed by atoms with van der Waals surface area (Å²) in [5.74, 6) is 0. The molecule has 2 nitrogen and oxygen atoms in total. The van der Waals surface area contributed by atoms with Crippen LogP contribution >= 0.6 is 15.9 Å². The number of nitrogens with zero attached hydrogens (tertiary/aromatic N) is 1. The van der Waals surface area contributed by atoms with Crippen LogP contribution in [0.5, 0.6) is 0 Å². The summed E-state index contributed by atoms with van der Waals surface area (Å²) in [6.07, 6.45) is 2.56. The molecular formula is C15H21BrN2. The molecule has 98 valence electrons. The fraction of sp³-hybridized carbons (Fsp3) is 0.600. The molecule has 2 heterocycles. The number of benzene rings is 1. The average Bonchev–Trinajstić information content (AvgIpc) is 2.69. The summed E-state index contributed by atoms with van der Waals surface area (Å²) in [7, 11) is 0. The van der Waals surface area contributed by atoms with Crippen molar-refractivity contribution in [2.24, 2.45) is 0 Å². The molecule has 0 bridgehead atoms. The molecule has 1 fully saturated rings. The van der Waals surface area contributed by atoms with E-state index in [4.69, 9.17) is 0 Å². The molecule has 18 heavy (non-hydrogen) atoms. The summed E-state index contributed by atoms with van der Waals surface area (Å²) in [6, 6.07) is 7.34. The Morgan fingerprint density at radius 1 is 1.28 bits per heavy atom. The molecule has 0 saturated carbocycles. The highest BCUT2D eigenvalue weighted by atomic mass is 79.9. The van der Waals surface area contributed by atoms with E-state index in [1.807, 2.05) is 0 Å². The van der Waals surface area contributed by atoms with Crippen molar-refractivity contribution in [3.8, 4) is 0 Å². The van der Waals surface area contributed by atoms with E-state index >= 15 is 0 Å². The Morgan fingerprint density at radius 3 is 2.67 bits per heavy atom. The second-order valence-corrected chi connectivity index (χ2v) is 6.87. The van der Waals surface area contributed by atoms with Crippen LogP contribution in [-0.4, -0.2) is 30.6 Å². The van der Waals surface area contributed by atoms with Gasteiger partial charge in [-0.15, -0.1) is 0 Å². The van der Waals surface area contributed by atoms with Gasteiger partial charge >= 0.3 is 0 Å². The third-order valence-corrected chi connectivity index (χ3v) is 5.15. The summed E-state index contributed by atoms with van der Waals surface area (Å²) < 4.78 is 1.20. The Labute approximate surface area is 118 Å². The zero-order valence-electron chi connectivity index (χ0n) is 11.2. The molecule has 0 aromatic heterocycles. The summed E-state index contributed by atoms with van der Waals surface area (Å²) >= 11 is 3.61. The van der Waals surface area contributed by atoms with E-state index in [1.54, 1.807) is 0 Å². The van der Waals surface area contributed by atoms with Gasteiger partial charge in [-0.3, -0.25) is 0 Å². The molecule has 0 atom stereocenters. The largest absolute Gasteiger partial charge is 0.384 e. The van der Waals surface area contributed by atoms with Crippen molar-refractivity contribution in [1.29, 1.82) is 0 Å². The van der Waals surface area contributed by atoms with Gasteiger partial charge in [-0.05, 0) is 63.5 Å². The number of nitrogens with one attached hydrogen (secondary N) is 1. The second-order valence-electron chi connectivity index (χ2n) is 5.95. The first-order valence-electron chi connectivity index (χ1n) is 6.89. The van der Waals surface area contributed by atoms with Gasteiger partial charge in [-0.25, -0.2) is 0 Å². The maximum atomic E-state index is 3.61. The molecule has 1 spiro atoms. The van der Waals surface area contributed by atoms with Crippen molar-refractivity contribution in [2.75, 3.05) is 25.0 Å². The smallest absolute Gasteiger partial charge is 0.0380 e. The van der Waals surface area contributed by atoms with E-state index in [0.717, 1.165) is 6.54 Å². The number of hydrogen-bond acceptors (Lipinski definition) is 2. The Bertz CT molecular complexity index is 448. The lowest BCUT2D eigenvalue weighted by molar-refractivity contribution is 0.137. The van der Waals surface area contributed by atoms with Gasteiger partial charge in [-0.1, -0.05) is 15.9 Å². The highest BCUT2D eigenvalue weighted by molar-refractivity contribution is 9.10. The molecule has 2 aliphatic heterocycles. The molecule has 0 radical (unpaired) electrons. The van der Waals surface area contributed by atoms with Crippen LogP contribution in [-0.2, 0) is 5.41 Å². The van der Waals surface area contributed by atoms with E-state index in [0.29, 0.717) is 11.5 Å². The minimum Gasteiger partial charge on any atom is -0.384 e. The van der Waals surface area contributed by atoms with Gasteiger partial charge in [0.15, 0.2) is 0 Å². The van der Waals surface area contributed by atoms with Crippen molar-refractivity contribution in [3.63, 3.8) is 0 Å². The highest BCUT2D eigenvalue weighted by Crippen LogP contribution is 2.45.